The fourth-order valence-electron chi connectivity index (χ4n) is 4.06. The molecular formula is C21H23ClN2O3S. The Morgan fingerprint density at radius 2 is 1.71 bits per heavy atom. The Morgan fingerprint density at radius 1 is 1.04 bits per heavy atom. The monoisotopic (exact) mass is 418 g/mol. The van der Waals surface area contributed by atoms with E-state index in [0.717, 1.165) is 30.5 Å². The standard InChI is InChI=1S/C21H23ClN2O3S/c1-15-13-17-14-19(28(26,27)23-11-3-2-4-12-23)9-10-20(17)24(15)21(25)16-5-7-18(22)8-6-16/h5-10,14-15H,2-4,11-13H2,1H3/t15-/m1/s1. The topological polar surface area (TPSA) is 57.7 Å². The Labute approximate surface area is 171 Å². The van der Waals surface area contributed by atoms with Crippen LogP contribution in [0.3, 0.4) is 0 Å². The number of amides is 1. The SMILES string of the molecule is C[C@@H]1Cc2cc(S(=O)(=O)N3CCCCC3)ccc2N1C(=O)c1ccc(Cl)cc1. The first-order valence-electron chi connectivity index (χ1n) is 9.60. The van der Waals surface area contributed by atoms with Gasteiger partial charge in [-0.3, -0.25) is 4.79 Å². The van der Waals surface area contributed by atoms with E-state index in [1.54, 1.807) is 51.7 Å². The molecule has 0 bridgehead atoms. The Morgan fingerprint density at radius 3 is 2.39 bits per heavy atom. The van der Waals surface area contributed by atoms with Gasteiger partial charge in [-0.25, -0.2) is 8.42 Å². The second kappa shape index (κ2) is 7.50. The number of piperidine rings is 1. The maximum atomic E-state index is 13.0. The van der Waals surface area contributed by atoms with Crippen molar-refractivity contribution in [1.82, 2.24) is 4.31 Å². The van der Waals surface area contributed by atoms with Crippen LogP contribution in [0.1, 0.15) is 42.1 Å². The quantitative estimate of drug-likeness (QED) is 0.753. The molecule has 1 fully saturated rings. The van der Waals surface area contributed by atoms with Gasteiger partial charge in [-0.15, -0.1) is 0 Å². The maximum absolute atomic E-state index is 13.0. The summed E-state index contributed by atoms with van der Waals surface area (Å²) in [5.41, 5.74) is 2.24. The van der Waals surface area contributed by atoms with Gasteiger partial charge in [-0.2, -0.15) is 4.31 Å². The van der Waals surface area contributed by atoms with Crippen LogP contribution in [-0.4, -0.2) is 37.8 Å². The first kappa shape index (κ1) is 19.4. The van der Waals surface area contributed by atoms with E-state index in [0.29, 0.717) is 35.0 Å². The summed E-state index contributed by atoms with van der Waals surface area (Å²) in [6.07, 6.45) is 3.53. The third kappa shape index (κ3) is 3.45. The summed E-state index contributed by atoms with van der Waals surface area (Å²) in [5, 5.41) is 0.582. The first-order chi connectivity index (χ1) is 13.4. The number of carbonyl (C=O) groups excluding carboxylic acids is 1. The minimum Gasteiger partial charge on any atom is -0.305 e. The fraction of sp³-hybridized carbons (Fsp3) is 0.381. The molecular weight excluding hydrogens is 396 g/mol. The zero-order chi connectivity index (χ0) is 19.9. The van der Waals surface area contributed by atoms with Gasteiger partial charge >= 0.3 is 0 Å². The van der Waals surface area contributed by atoms with Crippen LogP contribution < -0.4 is 4.90 Å². The molecule has 2 aromatic carbocycles. The molecule has 1 saturated heterocycles. The molecule has 2 aromatic rings. The molecule has 0 saturated carbocycles. The number of nitrogens with zero attached hydrogens (tertiary/aromatic N) is 2. The Balaban J connectivity index is 1.65. The lowest BCUT2D eigenvalue weighted by Crippen LogP contribution is -2.36. The average Bonchev–Trinajstić information content (AvgIpc) is 3.03. The number of halogens is 1. The van der Waals surface area contributed by atoms with Gasteiger partial charge in [0.2, 0.25) is 10.0 Å². The lowest BCUT2D eigenvalue weighted by Gasteiger charge is -2.26. The van der Waals surface area contributed by atoms with Crippen molar-refractivity contribution in [2.75, 3.05) is 18.0 Å². The van der Waals surface area contributed by atoms with Gasteiger partial charge in [0, 0.05) is 35.4 Å². The van der Waals surface area contributed by atoms with Crippen LogP contribution in [0.5, 0.6) is 0 Å². The number of sulfonamides is 1. The number of hydrogen-bond donors (Lipinski definition) is 0. The highest BCUT2D eigenvalue weighted by Crippen LogP contribution is 2.36. The van der Waals surface area contributed by atoms with Crippen molar-refractivity contribution in [3.05, 3.63) is 58.6 Å². The number of hydrogen-bond acceptors (Lipinski definition) is 3. The van der Waals surface area contributed by atoms with Gasteiger partial charge < -0.3 is 4.90 Å². The third-order valence-corrected chi connectivity index (χ3v) is 7.68. The van der Waals surface area contributed by atoms with Crippen LogP contribution in [0.4, 0.5) is 5.69 Å². The second-order valence-electron chi connectivity index (χ2n) is 7.49. The van der Waals surface area contributed by atoms with Crippen LogP contribution in [-0.2, 0) is 16.4 Å². The van der Waals surface area contributed by atoms with E-state index in [9.17, 15) is 13.2 Å². The summed E-state index contributed by atoms with van der Waals surface area (Å²) in [4.78, 5) is 15.1. The van der Waals surface area contributed by atoms with Crippen LogP contribution in [0.2, 0.25) is 5.02 Å². The molecule has 0 spiro atoms. The van der Waals surface area contributed by atoms with Gasteiger partial charge in [-0.05, 0) is 74.2 Å². The zero-order valence-electron chi connectivity index (χ0n) is 15.8. The normalized spacial score (nSPS) is 20.2. The van der Waals surface area contributed by atoms with Crippen molar-refractivity contribution in [2.24, 2.45) is 0 Å². The van der Waals surface area contributed by atoms with E-state index in [-0.39, 0.29) is 11.9 Å². The highest BCUT2D eigenvalue weighted by Gasteiger charge is 2.34. The minimum absolute atomic E-state index is 0.0360. The van der Waals surface area contributed by atoms with E-state index < -0.39 is 10.0 Å². The molecule has 2 aliphatic rings. The van der Waals surface area contributed by atoms with E-state index >= 15 is 0 Å². The predicted molar refractivity (Wildman–Crippen MR) is 110 cm³/mol. The second-order valence-corrected chi connectivity index (χ2v) is 9.86. The van der Waals surface area contributed by atoms with Crippen molar-refractivity contribution < 1.29 is 13.2 Å². The summed E-state index contributed by atoms with van der Waals surface area (Å²) < 4.78 is 27.5. The van der Waals surface area contributed by atoms with Crippen molar-refractivity contribution >= 4 is 33.2 Å². The molecule has 0 unspecified atom stereocenters. The number of rotatable bonds is 3. The van der Waals surface area contributed by atoms with E-state index in [4.69, 9.17) is 11.6 Å². The summed E-state index contributed by atoms with van der Waals surface area (Å²) in [6.45, 7) is 3.14. The molecule has 0 aliphatic carbocycles. The van der Waals surface area contributed by atoms with Gasteiger partial charge in [0.1, 0.15) is 0 Å². The smallest absolute Gasteiger partial charge is 0.258 e. The molecule has 4 rings (SSSR count). The number of carbonyl (C=O) groups is 1. The number of anilines is 1. The fourth-order valence-corrected chi connectivity index (χ4v) is 5.76. The predicted octanol–water partition coefficient (Wildman–Crippen LogP) is 4.11. The van der Waals surface area contributed by atoms with Crippen molar-refractivity contribution in [2.45, 2.75) is 43.5 Å². The van der Waals surface area contributed by atoms with Gasteiger partial charge in [0.15, 0.2) is 0 Å². The highest BCUT2D eigenvalue weighted by atomic mass is 35.5. The molecule has 0 radical (unpaired) electrons. The molecule has 1 amide bonds. The largest absolute Gasteiger partial charge is 0.305 e. The van der Waals surface area contributed by atoms with E-state index in [2.05, 4.69) is 0 Å². The van der Waals surface area contributed by atoms with Gasteiger partial charge in [0.25, 0.3) is 5.91 Å². The third-order valence-electron chi connectivity index (χ3n) is 5.53. The molecule has 0 aromatic heterocycles. The molecule has 2 heterocycles. The summed E-state index contributed by atoms with van der Waals surface area (Å²) >= 11 is 5.92. The Bertz CT molecular complexity index is 999. The maximum Gasteiger partial charge on any atom is 0.258 e. The molecule has 1 atom stereocenters. The van der Waals surface area contributed by atoms with Crippen molar-refractivity contribution in [3.8, 4) is 0 Å². The molecule has 28 heavy (non-hydrogen) atoms. The lowest BCUT2D eigenvalue weighted by atomic mass is 10.1. The summed E-state index contributed by atoms with van der Waals surface area (Å²) in [7, 11) is -3.48. The van der Waals surface area contributed by atoms with Crippen molar-refractivity contribution in [1.29, 1.82) is 0 Å². The van der Waals surface area contributed by atoms with E-state index in [1.807, 2.05) is 6.92 Å². The Hall–Kier alpha value is -1.89. The molecule has 5 nitrogen and oxygen atoms in total. The molecule has 148 valence electrons. The average molecular weight is 419 g/mol. The van der Waals surface area contributed by atoms with Crippen molar-refractivity contribution in [3.63, 3.8) is 0 Å². The first-order valence-corrected chi connectivity index (χ1v) is 11.4. The van der Waals surface area contributed by atoms with Crippen LogP contribution in [0.25, 0.3) is 0 Å². The summed E-state index contributed by atoms with van der Waals surface area (Å²) in [6, 6.07) is 11.9. The Kier molecular flexibility index (Phi) is 5.21. The zero-order valence-corrected chi connectivity index (χ0v) is 17.3. The van der Waals surface area contributed by atoms with Crippen LogP contribution >= 0.6 is 11.6 Å². The van der Waals surface area contributed by atoms with Crippen LogP contribution in [0, 0.1) is 0 Å². The number of fused-ring (bicyclic) bond motifs is 1. The molecule has 0 N–H and O–H groups in total. The molecule has 2 aliphatic heterocycles. The minimum atomic E-state index is -3.48. The lowest BCUT2D eigenvalue weighted by molar-refractivity contribution is 0.0981. The highest BCUT2D eigenvalue weighted by molar-refractivity contribution is 7.89. The number of benzene rings is 2. The van der Waals surface area contributed by atoms with Gasteiger partial charge in [0.05, 0.1) is 4.90 Å². The summed E-state index contributed by atoms with van der Waals surface area (Å²) in [5.74, 6) is -0.102. The van der Waals surface area contributed by atoms with Crippen LogP contribution in [0.15, 0.2) is 47.4 Å². The van der Waals surface area contributed by atoms with Gasteiger partial charge in [-0.1, -0.05) is 18.0 Å². The van der Waals surface area contributed by atoms with E-state index in [1.165, 1.54) is 0 Å². The molecule has 7 heteroatoms.